The molecule has 138 valence electrons. The Morgan fingerprint density at radius 2 is 1.78 bits per heavy atom. The van der Waals surface area contributed by atoms with E-state index >= 15 is 0 Å². The molecule has 0 saturated carbocycles. The highest BCUT2D eigenvalue weighted by Gasteiger charge is 2.14. The molecule has 0 saturated heterocycles. The normalized spacial score (nSPS) is 10.6. The molecule has 27 heavy (non-hydrogen) atoms. The van der Waals surface area contributed by atoms with Gasteiger partial charge < -0.3 is 10.2 Å². The van der Waals surface area contributed by atoms with Gasteiger partial charge in [-0.15, -0.1) is 0 Å². The van der Waals surface area contributed by atoms with Gasteiger partial charge in [0.2, 0.25) is 5.91 Å². The zero-order chi connectivity index (χ0) is 19.4. The third-order valence-electron chi connectivity index (χ3n) is 4.22. The van der Waals surface area contributed by atoms with Crippen LogP contribution in [0, 0.1) is 0 Å². The Labute approximate surface area is 166 Å². The van der Waals surface area contributed by atoms with E-state index in [9.17, 15) is 9.59 Å². The molecule has 1 N–H and O–H groups in total. The van der Waals surface area contributed by atoms with Crippen LogP contribution in [0.15, 0.2) is 59.1 Å². The molecule has 0 aliphatic heterocycles. The van der Waals surface area contributed by atoms with Crippen LogP contribution in [-0.4, -0.2) is 42.3 Å². The van der Waals surface area contributed by atoms with E-state index in [4.69, 9.17) is 4.98 Å². The first-order valence-electron chi connectivity index (χ1n) is 8.60. The lowest BCUT2D eigenvalue weighted by Gasteiger charge is -2.12. The number of halogens is 1. The zero-order valence-electron chi connectivity index (χ0n) is 15.2. The van der Waals surface area contributed by atoms with Gasteiger partial charge in [-0.1, -0.05) is 46.3 Å². The highest BCUT2D eigenvalue weighted by molar-refractivity contribution is 9.10. The van der Waals surface area contributed by atoms with Crippen molar-refractivity contribution in [3.05, 3.63) is 64.6 Å². The van der Waals surface area contributed by atoms with Crippen LogP contribution in [0.1, 0.15) is 16.8 Å². The average Bonchev–Trinajstić information content (AvgIpc) is 2.67. The van der Waals surface area contributed by atoms with Gasteiger partial charge in [0.15, 0.2) is 0 Å². The molecule has 1 aromatic heterocycles. The van der Waals surface area contributed by atoms with Crippen molar-refractivity contribution in [3.63, 3.8) is 0 Å². The molecule has 2 amide bonds. The highest BCUT2D eigenvalue weighted by atomic mass is 79.9. The molecule has 3 aromatic rings. The van der Waals surface area contributed by atoms with E-state index < -0.39 is 0 Å². The van der Waals surface area contributed by atoms with Crippen molar-refractivity contribution in [2.45, 2.75) is 6.42 Å². The second-order valence-electron chi connectivity index (χ2n) is 6.37. The van der Waals surface area contributed by atoms with Crippen LogP contribution in [0.3, 0.4) is 0 Å². The third kappa shape index (κ3) is 4.52. The maximum absolute atomic E-state index is 12.8. The molecule has 3 rings (SSSR count). The summed E-state index contributed by atoms with van der Waals surface area (Å²) in [5, 5.41) is 3.63. The van der Waals surface area contributed by atoms with E-state index in [1.54, 1.807) is 20.2 Å². The standard InChI is InChI=1S/C21H20BrN3O2/c1-25(2)20(26)11-12-23-21(27)17-13-19(14-7-9-15(22)10-8-14)24-18-6-4-3-5-16(17)18/h3-10,13H,11-12H2,1-2H3,(H,23,27). The van der Waals surface area contributed by atoms with Crippen molar-refractivity contribution < 1.29 is 9.59 Å². The lowest BCUT2D eigenvalue weighted by Crippen LogP contribution is -2.30. The molecule has 0 radical (unpaired) electrons. The molecule has 0 aliphatic carbocycles. The fourth-order valence-electron chi connectivity index (χ4n) is 2.73. The molecule has 5 nitrogen and oxygen atoms in total. The minimum absolute atomic E-state index is 0.0227. The van der Waals surface area contributed by atoms with E-state index in [0.29, 0.717) is 12.1 Å². The van der Waals surface area contributed by atoms with Gasteiger partial charge in [0.1, 0.15) is 0 Å². The van der Waals surface area contributed by atoms with Crippen molar-refractivity contribution in [1.82, 2.24) is 15.2 Å². The van der Waals surface area contributed by atoms with Crippen LogP contribution in [-0.2, 0) is 4.79 Å². The third-order valence-corrected chi connectivity index (χ3v) is 4.75. The number of carbonyl (C=O) groups excluding carboxylic acids is 2. The van der Waals surface area contributed by atoms with Gasteiger partial charge in [-0.3, -0.25) is 9.59 Å². The summed E-state index contributed by atoms with van der Waals surface area (Å²) in [6.45, 7) is 0.292. The van der Waals surface area contributed by atoms with Gasteiger partial charge in [0.05, 0.1) is 16.8 Å². The van der Waals surface area contributed by atoms with Crippen LogP contribution in [0.4, 0.5) is 0 Å². The Kier molecular flexibility index (Phi) is 5.86. The van der Waals surface area contributed by atoms with E-state index in [1.807, 2.05) is 48.5 Å². The van der Waals surface area contributed by atoms with Gasteiger partial charge in [-0.25, -0.2) is 4.98 Å². The number of fused-ring (bicyclic) bond motifs is 1. The Hall–Kier alpha value is -2.73. The van der Waals surface area contributed by atoms with Crippen LogP contribution in [0.5, 0.6) is 0 Å². The number of aromatic nitrogens is 1. The van der Waals surface area contributed by atoms with Gasteiger partial charge in [-0.2, -0.15) is 0 Å². The number of hydrogen-bond donors (Lipinski definition) is 1. The van der Waals surface area contributed by atoms with Crippen molar-refractivity contribution in [2.24, 2.45) is 0 Å². The monoisotopic (exact) mass is 425 g/mol. The maximum Gasteiger partial charge on any atom is 0.252 e. The largest absolute Gasteiger partial charge is 0.351 e. The quantitative estimate of drug-likeness (QED) is 0.674. The first-order valence-corrected chi connectivity index (χ1v) is 9.39. The van der Waals surface area contributed by atoms with E-state index in [-0.39, 0.29) is 18.2 Å². The number of pyridine rings is 1. The van der Waals surface area contributed by atoms with Crippen molar-refractivity contribution in [1.29, 1.82) is 0 Å². The van der Waals surface area contributed by atoms with Crippen molar-refractivity contribution in [3.8, 4) is 11.3 Å². The van der Waals surface area contributed by atoms with E-state index in [1.165, 1.54) is 4.90 Å². The summed E-state index contributed by atoms with van der Waals surface area (Å²) in [5.41, 5.74) is 2.97. The fraction of sp³-hybridized carbons (Fsp3) is 0.190. The molecule has 6 heteroatoms. The lowest BCUT2D eigenvalue weighted by molar-refractivity contribution is -0.128. The van der Waals surface area contributed by atoms with Crippen LogP contribution >= 0.6 is 15.9 Å². The number of para-hydroxylation sites is 1. The Balaban J connectivity index is 1.92. The summed E-state index contributed by atoms with van der Waals surface area (Å²) in [4.78, 5) is 30.7. The van der Waals surface area contributed by atoms with Crippen molar-refractivity contribution >= 4 is 38.6 Å². The number of rotatable bonds is 5. The minimum Gasteiger partial charge on any atom is -0.351 e. The molecule has 0 aliphatic rings. The topological polar surface area (TPSA) is 62.3 Å². The van der Waals surface area contributed by atoms with Gasteiger partial charge >= 0.3 is 0 Å². The molecule has 0 atom stereocenters. The SMILES string of the molecule is CN(C)C(=O)CCNC(=O)c1cc(-c2ccc(Br)cc2)nc2ccccc12. The summed E-state index contributed by atoms with van der Waals surface area (Å²) in [5.74, 6) is -0.232. The Bertz CT molecular complexity index is 984. The first-order chi connectivity index (χ1) is 13.0. The predicted molar refractivity (Wildman–Crippen MR) is 111 cm³/mol. The smallest absolute Gasteiger partial charge is 0.252 e. The van der Waals surface area contributed by atoms with Crippen molar-refractivity contribution in [2.75, 3.05) is 20.6 Å². The molecule has 2 aromatic carbocycles. The second-order valence-corrected chi connectivity index (χ2v) is 7.29. The molecular weight excluding hydrogens is 406 g/mol. The summed E-state index contributed by atoms with van der Waals surface area (Å²) in [6, 6.07) is 17.2. The molecular formula is C21H20BrN3O2. The van der Waals surface area contributed by atoms with E-state index in [0.717, 1.165) is 26.6 Å². The first kappa shape index (κ1) is 19.0. The number of hydrogen-bond acceptors (Lipinski definition) is 3. The Morgan fingerprint density at radius 3 is 2.48 bits per heavy atom. The minimum atomic E-state index is -0.210. The Morgan fingerprint density at radius 1 is 1.07 bits per heavy atom. The number of amides is 2. The van der Waals surface area contributed by atoms with Gasteiger partial charge in [-0.05, 0) is 24.3 Å². The average molecular weight is 426 g/mol. The molecule has 0 unspecified atom stereocenters. The molecule has 1 heterocycles. The zero-order valence-corrected chi connectivity index (χ0v) is 16.8. The summed E-state index contributed by atoms with van der Waals surface area (Å²) in [6.07, 6.45) is 0.265. The number of nitrogens with zero attached hydrogens (tertiary/aromatic N) is 2. The second kappa shape index (κ2) is 8.31. The number of benzene rings is 2. The number of nitrogens with one attached hydrogen (secondary N) is 1. The van der Waals surface area contributed by atoms with Crippen LogP contribution < -0.4 is 5.32 Å². The lowest BCUT2D eigenvalue weighted by atomic mass is 10.0. The van der Waals surface area contributed by atoms with Gasteiger partial charge in [0, 0.05) is 42.5 Å². The van der Waals surface area contributed by atoms with Crippen LogP contribution in [0.2, 0.25) is 0 Å². The summed E-state index contributed by atoms with van der Waals surface area (Å²) >= 11 is 3.43. The summed E-state index contributed by atoms with van der Waals surface area (Å²) in [7, 11) is 3.40. The predicted octanol–water partition coefficient (Wildman–Crippen LogP) is 3.87. The summed E-state index contributed by atoms with van der Waals surface area (Å²) < 4.78 is 0.982. The molecule has 0 spiro atoms. The molecule has 0 bridgehead atoms. The van der Waals surface area contributed by atoms with Gasteiger partial charge in [0.25, 0.3) is 5.91 Å². The number of carbonyl (C=O) groups is 2. The van der Waals surface area contributed by atoms with Crippen LogP contribution in [0.25, 0.3) is 22.2 Å². The fourth-order valence-corrected chi connectivity index (χ4v) is 3.00. The molecule has 0 fully saturated rings. The maximum atomic E-state index is 12.8. The van der Waals surface area contributed by atoms with E-state index in [2.05, 4.69) is 21.2 Å². The highest BCUT2D eigenvalue weighted by Crippen LogP contribution is 2.26.